The third-order valence-corrected chi connectivity index (χ3v) is 5.87. The number of carbonyl (C=O) groups excluding carboxylic acids is 2. The van der Waals surface area contributed by atoms with Crippen molar-refractivity contribution in [1.82, 2.24) is 5.32 Å². The lowest BCUT2D eigenvalue weighted by molar-refractivity contribution is -0.125. The monoisotopic (exact) mass is 337 g/mol. The molecular weight excluding hydrogens is 310 g/mol. The number of ether oxygens (including phenoxy) is 1. The lowest BCUT2D eigenvalue weighted by atomic mass is 9.87. The molecule has 4 nitrogen and oxygen atoms in total. The van der Waals surface area contributed by atoms with Gasteiger partial charge in [-0.25, -0.2) is 4.79 Å². The molecule has 0 bridgehead atoms. The largest absolute Gasteiger partial charge is 0.451 e. The highest BCUT2D eigenvalue weighted by molar-refractivity contribution is 7.14. The lowest BCUT2D eigenvalue weighted by Crippen LogP contribution is -2.36. The first kappa shape index (κ1) is 18.0. The van der Waals surface area contributed by atoms with Crippen LogP contribution < -0.4 is 5.32 Å². The van der Waals surface area contributed by atoms with Gasteiger partial charge >= 0.3 is 5.97 Å². The number of carbonyl (C=O) groups is 2. The Morgan fingerprint density at radius 1 is 1.35 bits per heavy atom. The van der Waals surface area contributed by atoms with E-state index in [-0.39, 0.29) is 24.5 Å². The first-order chi connectivity index (χ1) is 11.1. The molecule has 0 radical (unpaired) electrons. The summed E-state index contributed by atoms with van der Waals surface area (Å²) in [6.45, 7) is 6.07. The average molecular weight is 337 g/mol. The van der Waals surface area contributed by atoms with Gasteiger partial charge in [-0.05, 0) is 49.7 Å². The van der Waals surface area contributed by atoms with Crippen LogP contribution in [0.15, 0.2) is 6.07 Å². The fourth-order valence-electron chi connectivity index (χ4n) is 3.01. The molecule has 0 spiro atoms. The Labute approximate surface area is 142 Å². The Morgan fingerprint density at radius 2 is 2.09 bits per heavy atom. The van der Waals surface area contributed by atoms with Crippen LogP contribution in [0.25, 0.3) is 0 Å². The van der Waals surface area contributed by atoms with E-state index in [0.717, 1.165) is 31.6 Å². The van der Waals surface area contributed by atoms with E-state index in [1.54, 1.807) is 0 Å². The fraction of sp³-hybridized carbons (Fsp3) is 0.667. The lowest BCUT2D eigenvalue weighted by Gasteiger charge is -2.19. The van der Waals surface area contributed by atoms with Gasteiger partial charge in [0.1, 0.15) is 4.88 Å². The van der Waals surface area contributed by atoms with Crippen LogP contribution in [0, 0.1) is 5.92 Å². The molecular formula is C18H27NO3S. The molecule has 1 heterocycles. The van der Waals surface area contributed by atoms with Gasteiger partial charge in [0.15, 0.2) is 6.61 Å². The van der Waals surface area contributed by atoms with Crippen molar-refractivity contribution in [2.45, 2.75) is 65.3 Å². The van der Waals surface area contributed by atoms with Gasteiger partial charge in [0.05, 0.1) is 0 Å². The van der Waals surface area contributed by atoms with Gasteiger partial charge in [-0.2, -0.15) is 0 Å². The summed E-state index contributed by atoms with van der Waals surface area (Å²) >= 11 is 1.52. The molecule has 1 amide bonds. The molecule has 1 aliphatic carbocycles. The molecule has 1 atom stereocenters. The Bertz CT molecular complexity index is 548. The maximum atomic E-state index is 12.2. The van der Waals surface area contributed by atoms with Gasteiger partial charge in [0.25, 0.3) is 5.91 Å². The standard InChI is InChI=1S/C18H27NO3S/c1-4-12-7-8-15-13(9-12)10-16(23-15)18(21)22-11-17(20)19-14(5-2)6-3/h10,12,14H,4-9,11H2,1-3H3,(H,19,20)/t12-/m1/s1. The zero-order valence-corrected chi connectivity index (χ0v) is 15.1. The molecule has 128 valence electrons. The van der Waals surface area contributed by atoms with Crippen molar-refractivity contribution in [3.63, 3.8) is 0 Å². The third-order valence-electron chi connectivity index (χ3n) is 4.65. The molecule has 0 unspecified atom stereocenters. The summed E-state index contributed by atoms with van der Waals surface area (Å²) in [5.41, 5.74) is 1.29. The summed E-state index contributed by atoms with van der Waals surface area (Å²) in [6, 6.07) is 2.12. The molecule has 0 fully saturated rings. The van der Waals surface area contributed by atoms with E-state index >= 15 is 0 Å². The van der Waals surface area contributed by atoms with Crippen molar-refractivity contribution in [1.29, 1.82) is 0 Å². The number of hydrogen-bond acceptors (Lipinski definition) is 4. The van der Waals surface area contributed by atoms with Gasteiger partial charge in [-0.15, -0.1) is 11.3 Å². The van der Waals surface area contributed by atoms with E-state index in [9.17, 15) is 9.59 Å². The van der Waals surface area contributed by atoms with Crippen molar-refractivity contribution in [2.24, 2.45) is 5.92 Å². The van der Waals surface area contributed by atoms with Gasteiger partial charge < -0.3 is 10.1 Å². The normalized spacial score (nSPS) is 17.0. The molecule has 1 aromatic rings. The van der Waals surface area contributed by atoms with E-state index in [2.05, 4.69) is 12.2 Å². The molecule has 1 aromatic heterocycles. The van der Waals surface area contributed by atoms with Crippen molar-refractivity contribution in [3.05, 3.63) is 21.4 Å². The van der Waals surface area contributed by atoms with Crippen molar-refractivity contribution < 1.29 is 14.3 Å². The Hall–Kier alpha value is -1.36. The molecule has 23 heavy (non-hydrogen) atoms. The number of amides is 1. The van der Waals surface area contributed by atoms with Gasteiger partial charge in [-0.3, -0.25) is 4.79 Å². The molecule has 0 saturated heterocycles. The predicted octanol–water partition coefficient (Wildman–Crippen LogP) is 3.72. The van der Waals surface area contributed by atoms with Crippen LogP contribution in [-0.4, -0.2) is 24.5 Å². The van der Waals surface area contributed by atoms with Gasteiger partial charge in [-0.1, -0.05) is 27.2 Å². The van der Waals surface area contributed by atoms with Crippen LogP contribution in [0.4, 0.5) is 0 Å². The smallest absolute Gasteiger partial charge is 0.348 e. The second-order valence-corrected chi connectivity index (χ2v) is 7.37. The van der Waals surface area contributed by atoms with Crippen molar-refractivity contribution >= 4 is 23.2 Å². The summed E-state index contributed by atoms with van der Waals surface area (Å²) in [5, 5.41) is 2.87. The van der Waals surface area contributed by atoms with E-state index in [1.807, 2.05) is 19.9 Å². The second kappa shape index (κ2) is 8.48. The highest BCUT2D eigenvalue weighted by Crippen LogP contribution is 2.33. The molecule has 1 aliphatic rings. The summed E-state index contributed by atoms with van der Waals surface area (Å²) < 4.78 is 5.17. The molecule has 2 rings (SSSR count). The highest BCUT2D eigenvalue weighted by Gasteiger charge is 2.23. The first-order valence-electron chi connectivity index (χ1n) is 8.65. The molecule has 1 N–H and O–H groups in total. The third kappa shape index (κ3) is 4.80. The maximum Gasteiger partial charge on any atom is 0.348 e. The van der Waals surface area contributed by atoms with E-state index in [1.165, 1.54) is 34.6 Å². The Kier molecular flexibility index (Phi) is 6.63. The van der Waals surface area contributed by atoms with Crippen LogP contribution in [0.2, 0.25) is 0 Å². The minimum absolute atomic E-state index is 0.154. The molecule has 0 saturated carbocycles. The number of thiophene rings is 1. The maximum absolute atomic E-state index is 12.2. The number of esters is 1. The zero-order chi connectivity index (χ0) is 16.8. The number of hydrogen-bond donors (Lipinski definition) is 1. The molecule has 5 heteroatoms. The number of rotatable bonds is 7. The Morgan fingerprint density at radius 3 is 2.74 bits per heavy atom. The Balaban J connectivity index is 1.87. The van der Waals surface area contributed by atoms with Gasteiger partial charge in [0, 0.05) is 10.9 Å². The average Bonchev–Trinajstić information content (AvgIpc) is 3.00. The van der Waals surface area contributed by atoms with E-state index in [4.69, 9.17) is 4.74 Å². The minimum atomic E-state index is -0.378. The first-order valence-corrected chi connectivity index (χ1v) is 9.47. The SMILES string of the molecule is CCC(CC)NC(=O)COC(=O)c1cc2c(s1)CC[C@@H](CC)C2. The fourth-order valence-corrected chi connectivity index (χ4v) is 4.11. The summed E-state index contributed by atoms with van der Waals surface area (Å²) in [4.78, 5) is 25.9. The van der Waals surface area contributed by atoms with Crippen LogP contribution in [-0.2, 0) is 22.4 Å². The quantitative estimate of drug-likeness (QED) is 0.771. The highest BCUT2D eigenvalue weighted by atomic mass is 32.1. The predicted molar refractivity (Wildman–Crippen MR) is 92.9 cm³/mol. The van der Waals surface area contributed by atoms with E-state index in [0.29, 0.717) is 4.88 Å². The summed E-state index contributed by atoms with van der Waals surface area (Å²) in [5.74, 6) is 0.128. The number of nitrogens with one attached hydrogen (secondary N) is 1. The van der Waals surface area contributed by atoms with Crippen LogP contribution >= 0.6 is 11.3 Å². The van der Waals surface area contributed by atoms with E-state index < -0.39 is 0 Å². The molecule has 0 aliphatic heterocycles. The topological polar surface area (TPSA) is 55.4 Å². The van der Waals surface area contributed by atoms with Crippen molar-refractivity contribution in [3.8, 4) is 0 Å². The number of aryl methyl sites for hydroxylation is 1. The van der Waals surface area contributed by atoms with Crippen molar-refractivity contribution in [2.75, 3.05) is 6.61 Å². The molecule has 0 aromatic carbocycles. The van der Waals surface area contributed by atoms with Crippen LogP contribution in [0.3, 0.4) is 0 Å². The van der Waals surface area contributed by atoms with Crippen LogP contribution in [0.5, 0.6) is 0 Å². The summed E-state index contributed by atoms with van der Waals surface area (Å²) in [6.07, 6.45) is 6.27. The van der Waals surface area contributed by atoms with Gasteiger partial charge in [0.2, 0.25) is 0 Å². The summed E-state index contributed by atoms with van der Waals surface area (Å²) in [7, 11) is 0. The second-order valence-electron chi connectivity index (χ2n) is 6.23. The van der Waals surface area contributed by atoms with Crippen LogP contribution in [0.1, 0.15) is 66.6 Å². The minimum Gasteiger partial charge on any atom is -0.451 e. The zero-order valence-electron chi connectivity index (χ0n) is 14.3. The number of fused-ring (bicyclic) bond motifs is 1.